The Hall–Kier alpha value is -2.12. The van der Waals surface area contributed by atoms with Crippen LogP contribution >= 0.6 is 11.6 Å². The number of hydrogen-bond acceptors (Lipinski definition) is 4. The number of sulfonamides is 1. The number of nitrogens with one attached hydrogen (secondary N) is 1. The molecule has 0 aliphatic heterocycles. The minimum Gasteiger partial charge on any atom is -0.462 e. The summed E-state index contributed by atoms with van der Waals surface area (Å²) in [4.78, 5) is 11.6. The monoisotopic (exact) mass is 371 g/mol. The van der Waals surface area contributed by atoms with E-state index in [-0.39, 0.29) is 28.6 Å². The average Bonchev–Trinajstić information content (AvgIpc) is 2.51. The molecule has 0 spiro atoms. The third kappa shape index (κ3) is 4.94. The molecule has 0 saturated heterocycles. The Labute approximate surface area is 144 Å². The number of carbonyl (C=O) groups is 1. The van der Waals surface area contributed by atoms with Crippen LogP contribution in [0.1, 0.15) is 22.8 Å². The van der Waals surface area contributed by atoms with Crippen LogP contribution in [0.25, 0.3) is 0 Å². The summed E-state index contributed by atoms with van der Waals surface area (Å²) in [6.45, 7) is 1.90. The highest BCUT2D eigenvalue weighted by Gasteiger charge is 2.15. The summed E-state index contributed by atoms with van der Waals surface area (Å²) in [5.74, 6) is -1.31. The van der Waals surface area contributed by atoms with Gasteiger partial charge in [0, 0.05) is 0 Å². The maximum atomic E-state index is 12.9. The third-order valence-corrected chi connectivity index (χ3v) is 4.57. The average molecular weight is 372 g/mol. The molecule has 0 saturated carbocycles. The van der Waals surface area contributed by atoms with Gasteiger partial charge in [0.15, 0.2) is 0 Å². The molecule has 2 rings (SSSR count). The normalized spacial score (nSPS) is 11.1. The van der Waals surface area contributed by atoms with Gasteiger partial charge in [0.25, 0.3) is 0 Å². The lowest BCUT2D eigenvalue weighted by molar-refractivity contribution is 0.0526. The van der Waals surface area contributed by atoms with Gasteiger partial charge in [-0.1, -0.05) is 23.7 Å². The van der Waals surface area contributed by atoms with Gasteiger partial charge >= 0.3 is 5.97 Å². The van der Waals surface area contributed by atoms with Crippen LogP contribution in [0.2, 0.25) is 5.02 Å². The minimum atomic E-state index is -3.74. The number of anilines is 1. The topological polar surface area (TPSA) is 72.5 Å². The Balaban J connectivity index is 2.14. The second-order valence-electron chi connectivity index (χ2n) is 4.90. The zero-order valence-electron chi connectivity index (χ0n) is 12.8. The van der Waals surface area contributed by atoms with Crippen LogP contribution in [-0.2, 0) is 20.5 Å². The smallest absolute Gasteiger partial charge is 0.338 e. The Bertz CT molecular complexity index is 838. The van der Waals surface area contributed by atoms with Crippen LogP contribution in [0.4, 0.5) is 10.1 Å². The number of carbonyl (C=O) groups excluding carboxylic acids is 1. The molecule has 0 aliphatic carbocycles. The molecule has 0 aromatic heterocycles. The molecular weight excluding hydrogens is 357 g/mol. The van der Waals surface area contributed by atoms with Crippen molar-refractivity contribution in [2.45, 2.75) is 12.7 Å². The molecule has 0 amide bonds. The van der Waals surface area contributed by atoms with Crippen molar-refractivity contribution < 1.29 is 22.3 Å². The standard InChI is InChI=1S/C16H15ClFNO4S/c1-2-23-16(20)12-5-8-15(14(17)9-12)19-24(21,22)10-11-3-6-13(18)7-4-11/h3-9,19H,2,10H2,1H3. The molecule has 0 fully saturated rings. The van der Waals surface area contributed by atoms with E-state index in [1.807, 2.05) is 0 Å². The Morgan fingerprint density at radius 2 is 1.88 bits per heavy atom. The van der Waals surface area contributed by atoms with Crippen LogP contribution in [0.3, 0.4) is 0 Å². The van der Waals surface area contributed by atoms with E-state index in [0.29, 0.717) is 5.56 Å². The van der Waals surface area contributed by atoms with Crippen LogP contribution in [0, 0.1) is 5.82 Å². The van der Waals surface area contributed by atoms with Crippen molar-refractivity contribution in [3.05, 3.63) is 64.4 Å². The molecule has 2 aromatic carbocycles. The van der Waals surface area contributed by atoms with Gasteiger partial charge in [-0.05, 0) is 42.8 Å². The predicted molar refractivity (Wildman–Crippen MR) is 90.1 cm³/mol. The number of rotatable bonds is 6. The first-order valence-corrected chi connectivity index (χ1v) is 9.05. The molecule has 2 aromatic rings. The van der Waals surface area contributed by atoms with Crippen LogP contribution in [-0.4, -0.2) is 21.0 Å². The second-order valence-corrected chi connectivity index (χ2v) is 7.03. The largest absolute Gasteiger partial charge is 0.462 e. The fourth-order valence-corrected chi connectivity index (χ4v) is 3.44. The summed E-state index contributed by atoms with van der Waals surface area (Å²) < 4.78 is 44.4. The molecule has 0 radical (unpaired) electrons. The molecule has 0 bridgehead atoms. The fourth-order valence-electron chi connectivity index (χ4n) is 1.94. The van der Waals surface area contributed by atoms with Crippen molar-refractivity contribution in [1.82, 2.24) is 0 Å². The van der Waals surface area contributed by atoms with Gasteiger partial charge in [-0.15, -0.1) is 0 Å². The first kappa shape index (κ1) is 18.2. The van der Waals surface area contributed by atoms with Gasteiger partial charge < -0.3 is 4.74 Å². The van der Waals surface area contributed by atoms with Crippen molar-refractivity contribution in [2.75, 3.05) is 11.3 Å². The number of hydrogen-bond donors (Lipinski definition) is 1. The summed E-state index contributed by atoms with van der Waals surface area (Å²) in [6, 6.07) is 9.28. The molecule has 24 heavy (non-hydrogen) atoms. The van der Waals surface area contributed by atoms with E-state index in [2.05, 4.69) is 4.72 Å². The molecule has 0 unspecified atom stereocenters. The highest BCUT2D eigenvalue weighted by molar-refractivity contribution is 7.91. The third-order valence-electron chi connectivity index (χ3n) is 3.02. The van der Waals surface area contributed by atoms with E-state index in [4.69, 9.17) is 16.3 Å². The van der Waals surface area contributed by atoms with Crippen LogP contribution in [0.15, 0.2) is 42.5 Å². The van der Waals surface area contributed by atoms with Crippen molar-refractivity contribution in [2.24, 2.45) is 0 Å². The zero-order valence-corrected chi connectivity index (χ0v) is 14.3. The molecule has 0 aliphatic rings. The lowest BCUT2D eigenvalue weighted by atomic mass is 10.2. The van der Waals surface area contributed by atoms with Crippen molar-refractivity contribution in [1.29, 1.82) is 0 Å². The van der Waals surface area contributed by atoms with E-state index in [9.17, 15) is 17.6 Å². The molecule has 1 N–H and O–H groups in total. The Morgan fingerprint density at radius 1 is 1.21 bits per heavy atom. The number of halogens is 2. The van der Waals surface area contributed by atoms with E-state index < -0.39 is 21.8 Å². The summed E-state index contributed by atoms with van der Waals surface area (Å²) in [5.41, 5.74) is 0.804. The minimum absolute atomic E-state index is 0.0724. The lowest BCUT2D eigenvalue weighted by Gasteiger charge is -2.11. The van der Waals surface area contributed by atoms with Gasteiger partial charge in [-0.2, -0.15) is 0 Å². The lowest BCUT2D eigenvalue weighted by Crippen LogP contribution is -2.15. The summed E-state index contributed by atoms with van der Waals surface area (Å²) in [7, 11) is -3.74. The number of benzene rings is 2. The van der Waals surface area contributed by atoms with E-state index >= 15 is 0 Å². The molecule has 8 heteroatoms. The summed E-state index contributed by atoms with van der Waals surface area (Å²) in [6.07, 6.45) is 0. The van der Waals surface area contributed by atoms with Gasteiger partial charge in [0.2, 0.25) is 10.0 Å². The fraction of sp³-hybridized carbons (Fsp3) is 0.188. The van der Waals surface area contributed by atoms with Crippen LogP contribution in [0.5, 0.6) is 0 Å². The molecule has 5 nitrogen and oxygen atoms in total. The molecule has 128 valence electrons. The first-order valence-electron chi connectivity index (χ1n) is 7.02. The predicted octanol–water partition coefficient (Wildman–Crippen LogP) is 3.60. The quantitative estimate of drug-likeness (QED) is 0.787. The van der Waals surface area contributed by atoms with E-state index in [1.165, 1.54) is 42.5 Å². The van der Waals surface area contributed by atoms with Crippen molar-refractivity contribution in [3.8, 4) is 0 Å². The molecular formula is C16H15ClFNO4S. The van der Waals surface area contributed by atoms with Crippen molar-refractivity contribution >= 4 is 33.3 Å². The maximum Gasteiger partial charge on any atom is 0.338 e. The Morgan fingerprint density at radius 3 is 2.46 bits per heavy atom. The number of ether oxygens (including phenoxy) is 1. The SMILES string of the molecule is CCOC(=O)c1ccc(NS(=O)(=O)Cc2ccc(F)cc2)c(Cl)c1. The Kier molecular flexibility index (Phi) is 5.80. The van der Waals surface area contributed by atoms with E-state index in [0.717, 1.165) is 0 Å². The molecule has 0 heterocycles. The summed E-state index contributed by atoms with van der Waals surface area (Å²) in [5, 5.41) is 0.0724. The van der Waals surface area contributed by atoms with Gasteiger partial charge in [-0.3, -0.25) is 4.72 Å². The maximum absolute atomic E-state index is 12.9. The van der Waals surface area contributed by atoms with Gasteiger partial charge in [-0.25, -0.2) is 17.6 Å². The number of esters is 1. The van der Waals surface area contributed by atoms with Crippen molar-refractivity contribution in [3.63, 3.8) is 0 Å². The van der Waals surface area contributed by atoms with E-state index in [1.54, 1.807) is 6.92 Å². The van der Waals surface area contributed by atoms with Crippen LogP contribution < -0.4 is 4.72 Å². The van der Waals surface area contributed by atoms with Gasteiger partial charge in [0.1, 0.15) is 5.82 Å². The highest BCUT2D eigenvalue weighted by Crippen LogP contribution is 2.25. The molecule has 0 atom stereocenters. The highest BCUT2D eigenvalue weighted by atomic mass is 35.5. The second kappa shape index (κ2) is 7.63. The first-order chi connectivity index (χ1) is 11.3. The van der Waals surface area contributed by atoms with Gasteiger partial charge in [0.05, 0.1) is 28.6 Å². The summed E-state index contributed by atoms with van der Waals surface area (Å²) >= 11 is 6.02. The zero-order chi connectivity index (χ0) is 17.7.